The molecule has 1 aromatic heterocycles. The van der Waals surface area contributed by atoms with Crippen molar-refractivity contribution in [2.45, 2.75) is 12.5 Å². The van der Waals surface area contributed by atoms with Gasteiger partial charge in [-0.2, -0.15) is 4.98 Å². The molecule has 0 aliphatic carbocycles. The van der Waals surface area contributed by atoms with Crippen molar-refractivity contribution in [2.75, 3.05) is 25.6 Å². The van der Waals surface area contributed by atoms with Crippen LogP contribution < -0.4 is 10.1 Å². The van der Waals surface area contributed by atoms with Crippen LogP contribution in [0.4, 0.5) is 5.82 Å². The SMILES string of the molecule is COc1cnc(Cl)nc1NC1CCOC1. The van der Waals surface area contributed by atoms with Crippen LogP contribution in [0.1, 0.15) is 6.42 Å². The number of anilines is 1. The standard InChI is InChI=1S/C9H12ClN3O2/c1-14-7-4-11-9(10)13-8(7)12-6-2-3-15-5-6/h4,6H,2-3,5H2,1H3,(H,11,12,13). The van der Waals surface area contributed by atoms with Crippen LogP contribution in [-0.4, -0.2) is 36.3 Å². The molecule has 15 heavy (non-hydrogen) atoms. The normalized spacial score (nSPS) is 20.3. The van der Waals surface area contributed by atoms with Gasteiger partial charge in [-0.25, -0.2) is 4.98 Å². The van der Waals surface area contributed by atoms with Crippen molar-refractivity contribution >= 4 is 17.4 Å². The molecule has 1 saturated heterocycles. The summed E-state index contributed by atoms with van der Waals surface area (Å²) in [7, 11) is 1.57. The predicted octanol–water partition coefficient (Wildman–Crippen LogP) is 1.34. The molecule has 5 nitrogen and oxygen atoms in total. The van der Waals surface area contributed by atoms with Gasteiger partial charge in [-0.1, -0.05) is 0 Å². The summed E-state index contributed by atoms with van der Waals surface area (Å²) in [6.45, 7) is 1.46. The molecule has 1 unspecified atom stereocenters. The summed E-state index contributed by atoms with van der Waals surface area (Å²) in [5, 5.41) is 3.42. The molecule has 0 spiro atoms. The Hall–Kier alpha value is -1.07. The molecule has 82 valence electrons. The van der Waals surface area contributed by atoms with Crippen LogP contribution in [-0.2, 0) is 4.74 Å². The van der Waals surface area contributed by atoms with Crippen molar-refractivity contribution in [3.8, 4) is 5.75 Å². The van der Waals surface area contributed by atoms with Gasteiger partial charge in [-0.15, -0.1) is 0 Å². The van der Waals surface area contributed by atoms with E-state index < -0.39 is 0 Å². The highest BCUT2D eigenvalue weighted by molar-refractivity contribution is 6.28. The average molecular weight is 230 g/mol. The first-order chi connectivity index (χ1) is 7.29. The average Bonchev–Trinajstić information content (AvgIpc) is 2.71. The van der Waals surface area contributed by atoms with Crippen LogP contribution >= 0.6 is 11.6 Å². The maximum absolute atomic E-state index is 5.71. The van der Waals surface area contributed by atoms with Crippen LogP contribution in [0.3, 0.4) is 0 Å². The molecule has 1 N–H and O–H groups in total. The molecule has 6 heteroatoms. The summed E-state index contributed by atoms with van der Waals surface area (Å²) >= 11 is 5.71. The third kappa shape index (κ3) is 2.49. The molecule has 1 aliphatic heterocycles. The van der Waals surface area contributed by atoms with E-state index in [0.29, 0.717) is 18.2 Å². The van der Waals surface area contributed by atoms with E-state index in [9.17, 15) is 0 Å². The van der Waals surface area contributed by atoms with Crippen LogP contribution in [0.5, 0.6) is 5.75 Å². The van der Waals surface area contributed by atoms with Crippen LogP contribution in [0.25, 0.3) is 0 Å². The highest BCUT2D eigenvalue weighted by Gasteiger charge is 2.18. The van der Waals surface area contributed by atoms with Gasteiger partial charge in [0.1, 0.15) is 0 Å². The summed E-state index contributed by atoms with van der Waals surface area (Å²) in [4.78, 5) is 7.91. The Morgan fingerprint density at radius 3 is 3.20 bits per heavy atom. The van der Waals surface area contributed by atoms with Crippen molar-refractivity contribution in [1.29, 1.82) is 0 Å². The maximum atomic E-state index is 5.71. The number of ether oxygens (including phenoxy) is 2. The molecule has 0 radical (unpaired) electrons. The molecule has 1 atom stereocenters. The fraction of sp³-hybridized carbons (Fsp3) is 0.556. The van der Waals surface area contributed by atoms with Crippen LogP contribution in [0.15, 0.2) is 6.20 Å². The summed E-state index contributed by atoms with van der Waals surface area (Å²) in [5.41, 5.74) is 0. The molecule has 0 aromatic carbocycles. The van der Waals surface area contributed by atoms with Gasteiger partial charge in [0.15, 0.2) is 11.6 Å². The van der Waals surface area contributed by atoms with Gasteiger partial charge in [0.2, 0.25) is 5.28 Å². The van der Waals surface area contributed by atoms with Crippen molar-refractivity contribution in [3.63, 3.8) is 0 Å². The minimum absolute atomic E-state index is 0.206. The lowest BCUT2D eigenvalue weighted by molar-refractivity contribution is 0.195. The van der Waals surface area contributed by atoms with E-state index in [2.05, 4.69) is 15.3 Å². The van der Waals surface area contributed by atoms with Crippen molar-refractivity contribution in [2.24, 2.45) is 0 Å². The van der Waals surface area contributed by atoms with Gasteiger partial charge in [-0.3, -0.25) is 0 Å². The fourth-order valence-electron chi connectivity index (χ4n) is 1.44. The zero-order chi connectivity index (χ0) is 10.7. The van der Waals surface area contributed by atoms with E-state index in [4.69, 9.17) is 21.1 Å². The molecular formula is C9H12ClN3O2. The Kier molecular flexibility index (Phi) is 3.23. The number of halogens is 1. The zero-order valence-corrected chi connectivity index (χ0v) is 9.12. The van der Waals surface area contributed by atoms with E-state index >= 15 is 0 Å². The zero-order valence-electron chi connectivity index (χ0n) is 8.36. The first kappa shape index (κ1) is 10.4. The fourth-order valence-corrected chi connectivity index (χ4v) is 1.58. The lowest BCUT2D eigenvalue weighted by Gasteiger charge is -2.13. The highest BCUT2D eigenvalue weighted by atomic mass is 35.5. The Morgan fingerprint density at radius 2 is 2.53 bits per heavy atom. The van der Waals surface area contributed by atoms with Crippen molar-refractivity contribution < 1.29 is 9.47 Å². The number of methoxy groups -OCH3 is 1. The molecule has 2 rings (SSSR count). The van der Waals surface area contributed by atoms with Gasteiger partial charge < -0.3 is 14.8 Å². The Balaban J connectivity index is 2.14. The smallest absolute Gasteiger partial charge is 0.224 e. The molecule has 0 amide bonds. The van der Waals surface area contributed by atoms with E-state index in [1.165, 1.54) is 0 Å². The Labute approximate surface area is 92.8 Å². The molecule has 1 aromatic rings. The van der Waals surface area contributed by atoms with E-state index in [1.807, 2.05) is 0 Å². The predicted molar refractivity (Wildman–Crippen MR) is 56.4 cm³/mol. The molecular weight excluding hydrogens is 218 g/mol. The number of nitrogens with one attached hydrogen (secondary N) is 1. The van der Waals surface area contributed by atoms with Crippen molar-refractivity contribution in [1.82, 2.24) is 9.97 Å². The largest absolute Gasteiger partial charge is 0.491 e. The first-order valence-corrected chi connectivity index (χ1v) is 5.08. The molecule has 1 fully saturated rings. The molecule has 0 saturated carbocycles. The van der Waals surface area contributed by atoms with Crippen molar-refractivity contribution in [3.05, 3.63) is 11.5 Å². The third-order valence-electron chi connectivity index (χ3n) is 2.22. The topological polar surface area (TPSA) is 56.3 Å². The van der Waals surface area contributed by atoms with E-state index in [0.717, 1.165) is 13.0 Å². The van der Waals surface area contributed by atoms with E-state index in [-0.39, 0.29) is 11.3 Å². The van der Waals surface area contributed by atoms with Gasteiger partial charge >= 0.3 is 0 Å². The third-order valence-corrected chi connectivity index (χ3v) is 2.40. The number of nitrogens with zero attached hydrogens (tertiary/aromatic N) is 2. The summed E-state index contributed by atoms with van der Waals surface area (Å²) in [6, 6.07) is 0.268. The van der Waals surface area contributed by atoms with Gasteiger partial charge in [-0.05, 0) is 18.0 Å². The van der Waals surface area contributed by atoms with Gasteiger partial charge in [0, 0.05) is 6.61 Å². The lowest BCUT2D eigenvalue weighted by Crippen LogP contribution is -2.20. The van der Waals surface area contributed by atoms with Crippen LogP contribution in [0, 0.1) is 0 Å². The second-order valence-corrected chi connectivity index (χ2v) is 3.60. The summed E-state index contributed by atoms with van der Waals surface area (Å²) in [5.74, 6) is 1.21. The molecule has 1 aliphatic rings. The first-order valence-electron chi connectivity index (χ1n) is 4.70. The Morgan fingerprint density at radius 1 is 1.67 bits per heavy atom. The number of rotatable bonds is 3. The lowest BCUT2D eigenvalue weighted by atomic mass is 10.2. The summed E-state index contributed by atoms with van der Waals surface area (Å²) in [6.07, 6.45) is 2.51. The molecule has 0 bridgehead atoms. The maximum Gasteiger partial charge on any atom is 0.224 e. The number of hydrogen-bond donors (Lipinski definition) is 1. The second-order valence-electron chi connectivity index (χ2n) is 3.26. The monoisotopic (exact) mass is 229 g/mol. The molecule has 2 heterocycles. The van der Waals surface area contributed by atoms with Gasteiger partial charge in [0.25, 0.3) is 0 Å². The minimum atomic E-state index is 0.206. The second kappa shape index (κ2) is 4.63. The highest BCUT2D eigenvalue weighted by Crippen LogP contribution is 2.23. The van der Waals surface area contributed by atoms with Crippen LogP contribution in [0.2, 0.25) is 5.28 Å². The van der Waals surface area contributed by atoms with E-state index in [1.54, 1.807) is 13.3 Å². The number of aromatic nitrogens is 2. The quantitative estimate of drug-likeness (QED) is 0.793. The number of hydrogen-bond acceptors (Lipinski definition) is 5. The summed E-state index contributed by atoms with van der Waals surface area (Å²) < 4.78 is 10.4. The Bertz CT molecular complexity index is 342. The van der Waals surface area contributed by atoms with Gasteiger partial charge in [0.05, 0.1) is 26.0 Å². The minimum Gasteiger partial charge on any atom is -0.491 e.